The van der Waals surface area contributed by atoms with Crippen LogP contribution in [0.5, 0.6) is 0 Å². The zero-order valence-corrected chi connectivity index (χ0v) is 19.2. The van der Waals surface area contributed by atoms with E-state index in [9.17, 15) is 5.11 Å². The lowest BCUT2D eigenvalue weighted by molar-refractivity contribution is -0.0979. The number of hydrogen-bond acceptors (Lipinski definition) is 2. The van der Waals surface area contributed by atoms with Crippen LogP contribution < -0.4 is 0 Å². The summed E-state index contributed by atoms with van der Waals surface area (Å²) in [6.45, 7) is 13.2. The van der Waals surface area contributed by atoms with E-state index in [0.29, 0.717) is 5.41 Å². The zero-order chi connectivity index (χ0) is 20.2. The molecule has 0 aromatic rings. The van der Waals surface area contributed by atoms with E-state index < -0.39 is 0 Å². The monoisotopic (exact) mass is 399 g/mol. The molecule has 2 nitrogen and oxygen atoms in total. The van der Waals surface area contributed by atoms with Gasteiger partial charge in [-0.05, 0) is 132 Å². The number of fused-ring (bicyclic) bond motifs is 5. The highest BCUT2D eigenvalue weighted by Crippen LogP contribution is 2.65. The van der Waals surface area contributed by atoms with Crippen LogP contribution >= 0.6 is 0 Å². The molecule has 8 atom stereocenters. The molecule has 1 saturated heterocycles. The Morgan fingerprint density at radius 1 is 0.897 bits per heavy atom. The number of piperidine rings is 1. The largest absolute Gasteiger partial charge is 0.390 e. The molecule has 0 amide bonds. The molecule has 0 radical (unpaired) electrons. The summed E-state index contributed by atoms with van der Waals surface area (Å²) < 4.78 is 0. The quantitative estimate of drug-likeness (QED) is 0.584. The van der Waals surface area contributed by atoms with E-state index >= 15 is 0 Å². The van der Waals surface area contributed by atoms with Gasteiger partial charge in [0.15, 0.2) is 0 Å². The molecule has 5 fully saturated rings. The summed E-state index contributed by atoms with van der Waals surface area (Å²) in [6.07, 6.45) is 16.1. The Hall–Kier alpha value is -0.340. The van der Waals surface area contributed by atoms with Gasteiger partial charge in [-0.15, -0.1) is 0 Å². The topological polar surface area (TPSA) is 23.5 Å². The van der Waals surface area contributed by atoms with Gasteiger partial charge in [-0.25, -0.2) is 0 Å². The van der Waals surface area contributed by atoms with E-state index in [1.165, 1.54) is 83.8 Å². The Kier molecular flexibility index (Phi) is 5.43. The summed E-state index contributed by atoms with van der Waals surface area (Å²) in [5, 5.41) is 10.6. The molecule has 1 aliphatic heterocycles. The fourth-order valence-electron chi connectivity index (χ4n) is 9.27. The van der Waals surface area contributed by atoms with Gasteiger partial charge < -0.3 is 5.11 Å². The second-order valence-corrected chi connectivity index (χ2v) is 12.3. The lowest BCUT2D eigenvalue weighted by atomic mass is 9.49. The highest BCUT2D eigenvalue weighted by atomic mass is 16.3. The van der Waals surface area contributed by atoms with Crippen LogP contribution in [0.15, 0.2) is 12.2 Å². The van der Waals surface area contributed by atoms with Gasteiger partial charge in [0.05, 0.1) is 5.60 Å². The van der Waals surface area contributed by atoms with Gasteiger partial charge in [0, 0.05) is 6.54 Å². The first kappa shape index (κ1) is 20.6. The van der Waals surface area contributed by atoms with E-state index in [1.54, 1.807) is 5.57 Å². The van der Waals surface area contributed by atoms with Crippen LogP contribution in [-0.4, -0.2) is 35.2 Å². The number of rotatable bonds is 3. The molecule has 2 heteroatoms. The van der Waals surface area contributed by atoms with E-state index in [4.69, 9.17) is 0 Å². The first-order chi connectivity index (χ1) is 13.9. The van der Waals surface area contributed by atoms with Crippen molar-refractivity contribution in [3.05, 3.63) is 12.2 Å². The van der Waals surface area contributed by atoms with Crippen molar-refractivity contribution in [3.8, 4) is 0 Å². The average molecular weight is 400 g/mol. The number of aliphatic hydroxyl groups is 1. The minimum atomic E-state index is -0.387. The maximum atomic E-state index is 10.6. The van der Waals surface area contributed by atoms with Crippen LogP contribution in [0.25, 0.3) is 0 Å². The van der Waals surface area contributed by atoms with Crippen molar-refractivity contribution in [1.82, 2.24) is 4.90 Å². The van der Waals surface area contributed by atoms with Gasteiger partial charge in [-0.1, -0.05) is 25.5 Å². The standard InChI is InChI=1S/C27H45NO/c1-19(18-28-15-5-4-6-16-28)24-9-10-25-23-8-7-20-17-26(2,29)13-11-21(20)22(23)12-14-27(24,25)3/h20-25,29H,1,4-18H2,2-3H3/t20-,21-,22+,23+,24+,25-,26-,27+/m0/s1. The zero-order valence-electron chi connectivity index (χ0n) is 19.2. The number of likely N-dealkylation sites (tertiary alicyclic amines) is 1. The van der Waals surface area contributed by atoms with E-state index in [2.05, 4.69) is 25.3 Å². The molecule has 0 aromatic heterocycles. The minimum Gasteiger partial charge on any atom is -0.390 e. The van der Waals surface area contributed by atoms with Crippen molar-refractivity contribution in [2.75, 3.05) is 19.6 Å². The predicted octanol–water partition coefficient (Wildman–Crippen LogP) is 6.05. The second kappa shape index (κ2) is 7.66. The van der Waals surface area contributed by atoms with Crippen molar-refractivity contribution < 1.29 is 5.11 Å². The van der Waals surface area contributed by atoms with Gasteiger partial charge >= 0.3 is 0 Å². The molecule has 4 aliphatic carbocycles. The maximum absolute atomic E-state index is 10.6. The summed E-state index contributed by atoms with van der Waals surface area (Å²) in [4.78, 5) is 2.69. The van der Waals surface area contributed by atoms with Crippen molar-refractivity contribution in [2.24, 2.45) is 40.9 Å². The summed E-state index contributed by atoms with van der Waals surface area (Å²) in [5.41, 5.74) is 1.70. The lowest BCUT2D eigenvalue weighted by Crippen LogP contribution is -2.50. The van der Waals surface area contributed by atoms with Crippen molar-refractivity contribution in [3.63, 3.8) is 0 Å². The van der Waals surface area contributed by atoms with Gasteiger partial charge in [0.25, 0.3) is 0 Å². The van der Waals surface area contributed by atoms with Crippen molar-refractivity contribution in [1.29, 1.82) is 0 Å². The third-order valence-corrected chi connectivity index (χ3v) is 10.6. The molecular formula is C27H45NO. The Morgan fingerprint density at radius 2 is 1.66 bits per heavy atom. The molecular weight excluding hydrogens is 354 g/mol. The third-order valence-electron chi connectivity index (χ3n) is 10.6. The summed E-state index contributed by atoms with van der Waals surface area (Å²) in [6, 6.07) is 0. The summed E-state index contributed by atoms with van der Waals surface area (Å²) in [7, 11) is 0. The third kappa shape index (κ3) is 3.65. The first-order valence-electron chi connectivity index (χ1n) is 13.0. The van der Waals surface area contributed by atoms with Crippen LogP contribution in [-0.2, 0) is 0 Å². The van der Waals surface area contributed by atoms with Gasteiger partial charge in [0.2, 0.25) is 0 Å². The Morgan fingerprint density at radius 3 is 2.45 bits per heavy atom. The van der Waals surface area contributed by atoms with Crippen LogP contribution in [0, 0.1) is 40.9 Å². The molecule has 164 valence electrons. The average Bonchev–Trinajstić information content (AvgIpc) is 3.05. The molecule has 0 spiro atoms. The molecule has 1 heterocycles. The van der Waals surface area contributed by atoms with Crippen LogP contribution in [0.4, 0.5) is 0 Å². The first-order valence-corrected chi connectivity index (χ1v) is 13.0. The van der Waals surface area contributed by atoms with Crippen LogP contribution in [0.3, 0.4) is 0 Å². The molecule has 4 saturated carbocycles. The maximum Gasteiger partial charge on any atom is 0.0622 e. The Bertz CT molecular complexity index is 620. The molecule has 1 N–H and O–H groups in total. The van der Waals surface area contributed by atoms with E-state index in [1.807, 2.05) is 0 Å². The number of nitrogens with zero attached hydrogens (tertiary/aromatic N) is 1. The van der Waals surface area contributed by atoms with E-state index in [-0.39, 0.29) is 5.60 Å². The normalized spacial score (nSPS) is 50.4. The predicted molar refractivity (Wildman–Crippen MR) is 121 cm³/mol. The summed E-state index contributed by atoms with van der Waals surface area (Å²) >= 11 is 0. The molecule has 0 bridgehead atoms. The van der Waals surface area contributed by atoms with Crippen molar-refractivity contribution in [2.45, 2.75) is 96.5 Å². The minimum absolute atomic E-state index is 0.387. The fourth-order valence-corrected chi connectivity index (χ4v) is 9.27. The Balaban J connectivity index is 1.28. The van der Waals surface area contributed by atoms with Crippen molar-refractivity contribution >= 4 is 0 Å². The molecule has 29 heavy (non-hydrogen) atoms. The number of hydrogen-bond donors (Lipinski definition) is 1. The SMILES string of the molecule is C=C(CN1CCCCC1)[C@H]1CC[C@H]2[C@@H]3CC[C@H]4C[C@@](C)(O)CC[C@@H]4[C@H]3CC[C@]12C. The Labute approximate surface area is 179 Å². The smallest absolute Gasteiger partial charge is 0.0622 e. The highest BCUT2D eigenvalue weighted by molar-refractivity contribution is 5.16. The molecule has 0 aromatic carbocycles. The summed E-state index contributed by atoms with van der Waals surface area (Å²) in [5.74, 6) is 5.33. The second-order valence-electron chi connectivity index (χ2n) is 12.3. The molecule has 5 rings (SSSR count). The highest BCUT2D eigenvalue weighted by Gasteiger charge is 2.57. The molecule has 0 unspecified atom stereocenters. The van der Waals surface area contributed by atoms with Gasteiger partial charge in [-0.2, -0.15) is 0 Å². The lowest BCUT2D eigenvalue weighted by Gasteiger charge is -2.57. The van der Waals surface area contributed by atoms with Gasteiger partial charge in [-0.3, -0.25) is 4.90 Å². The fraction of sp³-hybridized carbons (Fsp3) is 0.926. The van der Waals surface area contributed by atoms with Crippen LogP contribution in [0.1, 0.15) is 90.9 Å². The molecule has 5 aliphatic rings. The van der Waals surface area contributed by atoms with Gasteiger partial charge in [0.1, 0.15) is 0 Å². The van der Waals surface area contributed by atoms with E-state index in [0.717, 1.165) is 48.3 Å². The van der Waals surface area contributed by atoms with Crippen LogP contribution in [0.2, 0.25) is 0 Å².